The predicted octanol–water partition coefficient (Wildman–Crippen LogP) is 2.42. The average molecular weight is 467 g/mol. The Morgan fingerprint density at radius 2 is 1.91 bits per heavy atom. The molecule has 4 rings (SSSR count). The molecule has 0 spiro atoms. The predicted molar refractivity (Wildman–Crippen MR) is 125 cm³/mol. The molecule has 3 heterocycles. The first-order valence-corrected chi connectivity index (χ1v) is 11.0. The molecule has 0 radical (unpaired) electrons. The molecular weight excluding hydrogens is 439 g/mol. The second kappa shape index (κ2) is 8.90. The number of benzene rings is 1. The minimum atomic E-state index is -1.07. The van der Waals surface area contributed by atoms with E-state index in [1.54, 1.807) is 32.7 Å². The molecule has 0 bridgehead atoms. The fourth-order valence-electron chi connectivity index (χ4n) is 3.67. The van der Waals surface area contributed by atoms with E-state index in [-0.39, 0.29) is 23.5 Å². The van der Waals surface area contributed by atoms with Crippen molar-refractivity contribution in [1.29, 1.82) is 0 Å². The molecular formula is C23H27FN8O2. The van der Waals surface area contributed by atoms with E-state index in [2.05, 4.69) is 25.0 Å². The van der Waals surface area contributed by atoms with E-state index in [0.717, 1.165) is 6.42 Å². The van der Waals surface area contributed by atoms with E-state index in [1.807, 2.05) is 0 Å². The van der Waals surface area contributed by atoms with Crippen LogP contribution >= 0.6 is 0 Å². The van der Waals surface area contributed by atoms with Crippen molar-refractivity contribution in [3.63, 3.8) is 0 Å². The number of anilines is 1. The summed E-state index contributed by atoms with van der Waals surface area (Å²) in [5.74, 6) is 0.180. The highest BCUT2D eigenvalue weighted by molar-refractivity contribution is 5.94. The van der Waals surface area contributed by atoms with Crippen molar-refractivity contribution in [2.24, 2.45) is 0 Å². The van der Waals surface area contributed by atoms with Gasteiger partial charge < -0.3 is 15.7 Å². The number of halogens is 1. The van der Waals surface area contributed by atoms with Crippen LogP contribution in [0.3, 0.4) is 0 Å². The fraction of sp³-hybridized carbons (Fsp3) is 0.391. The number of carbonyl (C=O) groups excluding carboxylic acids is 1. The Hall–Kier alpha value is -3.73. The zero-order valence-corrected chi connectivity index (χ0v) is 19.6. The summed E-state index contributed by atoms with van der Waals surface area (Å²) in [5, 5.41) is 15.0. The number of aliphatic hydroxyl groups is 1. The third-order valence-corrected chi connectivity index (χ3v) is 5.64. The lowest BCUT2D eigenvalue weighted by molar-refractivity contribution is 0.0750. The number of nitrogens with two attached hydrogens (primary N) is 1. The van der Waals surface area contributed by atoms with E-state index in [0.29, 0.717) is 52.9 Å². The number of aromatic nitrogens is 6. The molecule has 0 aliphatic heterocycles. The molecule has 3 N–H and O–H groups in total. The number of hydrogen-bond donors (Lipinski definition) is 2. The number of amides is 1. The number of nitrogens with zero attached hydrogens (tertiary/aromatic N) is 7. The van der Waals surface area contributed by atoms with Crippen LogP contribution in [0.15, 0.2) is 24.5 Å². The smallest absolute Gasteiger partial charge is 0.291 e. The summed E-state index contributed by atoms with van der Waals surface area (Å²) in [4.78, 5) is 31.2. The van der Waals surface area contributed by atoms with Crippen molar-refractivity contribution in [2.75, 3.05) is 19.3 Å². The van der Waals surface area contributed by atoms with Crippen LogP contribution in [0.2, 0.25) is 0 Å². The Bertz CT molecular complexity index is 1360. The summed E-state index contributed by atoms with van der Waals surface area (Å²) in [6.45, 7) is 5.53. The number of aryl methyl sites for hydroxylation is 2. The Balaban J connectivity index is 1.39. The quantitative estimate of drug-likeness (QED) is 0.397. The first kappa shape index (κ1) is 23.4. The molecule has 1 amide bonds. The Morgan fingerprint density at radius 1 is 1.21 bits per heavy atom. The highest BCUT2D eigenvalue weighted by Crippen LogP contribution is 2.24. The van der Waals surface area contributed by atoms with E-state index in [9.17, 15) is 14.3 Å². The SMILES string of the molecule is Cc1cc(F)cc2c1nc(N)n1nc(CCCCN(C)C(=O)c3ncc(C(C)(C)O)cn3)nc21. The van der Waals surface area contributed by atoms with Gasteiger partial charge in [0.15, 0.2) is 11.5 Å². The number of fused-ring (bicyclic) bond motifs is 3. The van der Waals surface area contributed by atoms with Gasteiger partial charge in [0.25, 0.3) is 5.91 Å². The number of nitrogen functional groups attached to an aromatic ring is 1. The van der Waals surface area contributed by atoms with Crippen molar-refractivity contribution in [3.05, 3.63) is 53.1 Å². The monoisotopic (exact) mass is 466 g/mol. The second-order valence-electron chi connectivity index (χ2n) is 8.89. The van der Waals surface area contributed by atoms with Gasteiger partial charge in [-0.2, -0.15) is 4.52 Å². The van der Waals surface area contributed by atoms with Gasteiger partial charge in [-0.3, -0.25) is 4.79 Å². The molecule has 178 valence electrons. The molecule has 34 heavy (non-hydrogen) atoms. The fourth-order valence-corrected chi connectivity index (χ4v) is 3.67. The number of unbranched alkanes of at least 4 members (excludes halogenated alkanes) is 1. The minimum absolute atomic E-state index is 0.0786. The number of rotatable bonds is 7. The number of carbonyl (C=O) groups is 1. The molecule has 0 aliphatic rings. The highest BCUT2D eigenvalue weighted by Gasteiger charge is 2.20. The Kier molecular flexibility index (Phi) is 6.13. The summed E-state index contributed by atoms with van der Waals surface area (Å²) < 4.78 is 15.4. The van der Waals surface area contributed by atoms with Gasteiger partial charge in [-0.25, -0.2) is 24.3 Å². The molecule has 1 aromatic carbocycles. The van der Waals surface area contributed by atoms with E-state index in [1.165, 1.54) is 29.0 Å². The molecule has 0 saturated heterocycles. The third kappa shape index (κ3) is 4.65. The normalized spacial score (nSPS) is 11.9. The van der Waals surface area contributed by atoms with Crippen molar-refractivity contribution in [1.82, 2.24) is 34.4 Å². The van der Waals surface area contributed by atoms with Gasteiger partial charge in [0.05, 0.1) is 11.1 Å². The maximum Gasteiger partial charge on any atom is 0.291 e. The van der Waals surface area contributed by atoms with Gasteiger partial charge >= 0.3 is 0 Å². The first-order chi connectivity index (χ1) is 16.0. The standard InChI is InChI=1S/C23H27FN8O2/c1-13-9-15(24)10-16-18(13)29-22(25)32-20(16)28-17(30-32)7-5-6-8-31(4)21(33)19-26-11-14(12-27-19)23(2,3)34/h9-12,34H,5-8H2,1-4H3,(H2,25,29). The molecule has 3 aromatic heterocycles. The van der Waals surface area contributed by atoms with Gasteiger partial charge in [0, 0.05) is 43.4 Å². The Morgan fingerprint density at radius 3 is 2.59 bits per heavy atom. The second-order valence-corrected chi connectivity index (χ2v) is 8.89. The highest BCUT2D eigenvalue weighted by atomic mass is 19.1. The van der Waals surface area contributed by atoms with Gasteiger partial charge in [-0.1, -0.05) is 0 Å². The summed E-state index contributed by atoms with van der Waals surface area (Å²) in [5.41, 5.74) is 7.26. The van der Waals surface area contributed by atoms with Crippen molar-refractivity contribution < 1.29 is 14.3 Å². The molecule has 10 nitrogen and oxygen atoms in total. The summed E-state index contributed by atoms with van der Waals surface area (Å²) in [6.07, 6.45) is 4.92. The summed E-state index contributed by atoms with van der Waals surface area (Å²) in [6, 6.07) is 2.80. The van der Waals surface area contributed by atoms with Gasteiger partial charge in [-0.05, 0) is 51.3 Å². The van der Waals surface area contributed by atoms with Crippen LogP contribution in [0, 0.1) is 12.7 Å². The molecule has 0 aliphatic carbocycles. The van der Waals surface area contributed by atoms with Crippen LogP contribution < -0.4 is 5.73 Å². The molecule has 11 heteroatoms. The van der Waals surface area contributed by atoms with Crippen LogP contribution in [0.5, 0.6) is 0 Å². The van der Waals surface area contributed by atoms with Crippen LogP contribution in [0.1, 0.15) is 54.3 Å². The van der Waals surface area contributed by atoms with Gasteiger partial charge in [0.2, 0.25) is 11.8 Å². The maximum absolute atomic E-state index is 13.9. The van der Waals surface area contributed by atoms with Gasteiger partial charge in [0.1, 0.15) is 5.82 Å². The lowest BCUT2D eigenvalue weighted by atomic mass is 10.0. The van der Waals surface area contributed by atoms with Crippen molar-refractivity contribution in [2.45, 2.75) is 45.6 Å². The average Bonchev–Trinajstić information content (AvgIpc) is 3.22. The lowest BCUT2D eigenvalue weighted by Gasteiger charge is -2.18. The molecule has 4 aromatic rings. The Labute approximate surface area is 195 Å². The third-order valence-electron chi connectivity index (χ3n) is 5.64. The van der Waals surface area contributed by atoms with Crippen LogP contribution in [-0.4, -0.2) is 59.1 Å². The zero-order chi connectivity index (χ0) is 24.6. The minimum Gasteiger partial charge on any atom is -0.386 e. The molecule has 0 atom stereocenters. The molecule has 0 unspecified atom stereocenters. The van der Waals surface area contributed by atoms with Crippen LogP contribution in [0.25, 0.3) is 16.6 Å². The maximum atomic E-state index is 13.9. The topological polar surface area (TPSA) is 135 Å². The van der Waals surface area contributed by atoms with E-state index in [4.69, 9.17) is 5.73 Å². The molecule has 0 fully saturated rings. The summed E-state index contributed by atoms with van der Waals surface area (Å²) >= 11 is 0. The van der Waals surface area contributed by atoms with Gasteiger partial charge in [-0.15, -0.1) is 5.10 Å². The van der Waals surface area contributed by atoms with E-state index >= 15 is 0 Å². The first-order valence-electron chi connectivity index (χ1n) is 11.0. The van der Waals surface area contributed by atoms with Crippen molar-refractivity contribution in [3.8, 4) is 0 Å². The lowest BCUT2D eigenvalue weighted by Crippen LogP contribution is -2.29. The largest absolute Gasteiger partial charge is 0.386 e. The van der Waals surface area contributed by atoms with Crippen LogP contribution in [0.4, 0.5) is 10.3 Å². The molecule has 0 saturated carbocycles. The van der Waals surface area contributed by atoms with E-state index < -0.39 is 5.60 Å². The number of hydrogen-bond acceptors (Lipinski definition) is 8. The van der Waals surface area contributed by atoms with Crippen molar-refractivity contribution >= 4 is 28.4 Å². The zero-order valence-electron chi connectivity index (χ0n) is 19.6. The van der Waals surface area contributed by atoms with Crippen LogP contribution in [-0.2, 0) is 12.0 Å². The summed E-state index contributed by atoms with van der Waals surface area (Å²) in [7, 11) is 1.69.